The average molecular weight is 272 g/mol. The maximum atomic E-state index is 10.3. The molecule has 0 aromatic heterocycles. The van der Waals surface area contributed by atoms with Gasteiger partial charge in [-0.25, -0.2) is 0 Å². The summed E-state index contributed by atoms with van der Waals surface area (Å²) in [4.78, 5) is 0. The Kier molecular flexibility index (Phi) is 4.30. The molecule has 0 saturated heterocycles. The Balaban J connectivity index is 2.53. The largest absolute Gasteiger partial charge is 0.507 e. The van der Waals surface area contributed by atoms with Gasteiger partial charge in [-0.1, -0.05) is 38.1 Å². The predicted molar refractivity (Wildman–Crippen MR) is 79.9 cm³/mol. The highest BCUT2D eigenvalue weighted by atomic mass is 16.5. The molecule has 0 spiro atoms. The highest BCUT2D eigenvalue weighted by molar-refractivity contribution is 5.74. The highest BCUT2D eigenvalue weighted by Gasteiger charge is 2.18. The number of methoxy groups -OCH3 is 1. The zero-order valence-corrected chi connectivity index (χ0v) is 12.0. The molecule has 0 aliphatic heterocycles. The molecule has 2 rings (SSSR count). The van der Waals surface area contributed by atoms with Gasteiger partial charge in [-0.15, -0.1) is 0 Å². The summed E-state index contributed by atoms with van der Waals surface area (Å²) in [6.45, 7) is 3.94. The van der Waals surface area contributed by atoms with Crippen LogP contribution in [0.2, 0.25) is 0 Å². The van der Waals surface area contributed by atoms with Crippen molar-refractivity contribution in [2.24, 2.45) is 5.92 Å². The summed E-state index contributed by atoms with van der Waals surface area (Å²) < 4.78 is 5.09. The number of benzene rings is 2. The Morgan fingerprint density at radius 1 is 1.00 bits per heavy atom. The number of hydrogen-bond donors (Lipinski definition) is 2. The van der Waals surface area contributed by atoms with E-state index in [2.05, 4.69) is 0 Å². The first-order chi connectivity index (χ1) is 9.54. The van der Waals surface area contributed by atoms with Gasteiger partial charge in [0, 0.05) is 11.6 Å². The van der Waals surface area contributed by atoms with Crippen molar-refractivity contribution in [1.82, 2.24) is 0 Å². The lowest BCUT2D eigenvalue weighted by Gasteiger charge is -2.19. The summed E-state index contributed by atoms with van der Waals surface area (Å²) in [7, 11) is 1.56. The van der Waals surface area contributed by atoms with Crippen LogP contribution in [-0.4, -0.2) is 17.3 Å². The van der Waals surface area contributed by atoms with E-state index in [0.29, 0.717) is 11.3 Å². The van der Waals surface area contributed by atoms with Crippen LogP contribution in [0.15, 0.2) is 42.5 Å². The lowest BCUT2D eigenvalue weighted by molar-refractivity contribution is 0.127. The molecule has 1 atom stereocenters. The van der Waals surface area contributed by atoms with Crippen LogP contribution in [0.25, 0.3) is 11.1 Å². The van der Waals surface area contributed by atoms with Gasteiger partial charge in [0.15, 0.2) is 0 Å². The van der Waals surface area contributed by atoms with Gasteiger partial charge >= 0.3 is 0 Å². The van der Waals surface area contributed by atoms with Gasteiger partial charge < -0.3 is 14.9 Å². The molecule has 106 valence electrons. The first-order valence-corrected chi connectivity index (χ1v) is 6.69. The number of aromatic hydroxyl groups is 1. The van der Waals surface area contributed by atoms with Gasteiger partial charge in [0.2, 0.25) is 0 Å². The minimum Gasteiger partial charge on any atom is -0.507 e. The maximum Gasteiger partial charge on any atom is 0.127 e. The summed E-state index contributed by atoms with van der Waals surface area (Å²) in [5.41, 5.74) is 2.36. The number of aliphatic hydroxyl groups is 1. The van der Waals surface area contributed by atoms with Crippen LogP contribution in [0.3, 0.4) is 0 Å². The number of aliphatic hydroxyl groups excluding tert-OH is 1. The van der Waals surface area contributed by atoms with Crippen LogP contribution < -0.4 is 4.74 Å². The molecule has 0 saturated carbocycles. The molecule has 3 heteroatoms. The first-order valence-electron chi connectivity index (χ1n) is 6.69. The molecule has 0 fully saturated rings. The zero-order valence-electron chi connectivity index (χ0n) is 12.0. The van der Waals surface area contributed by atoms with E-state index in [9.17, 15) is 10.2 Å². The SMILES string of the molecule is COc1ccc(-c2ccccc2C(O)C(C)C)c(O)c1. The molecule has 0 aliphatic rings. The van der Waals surface area contributed by atoms with Gasteiger partial charge in [0.25, 0.3) is 0 Å². The molecule has 1 unspecified atom stereocenters. The van der Waals surface area contributed by atoms with Crippen LogP contribution in [0.4, 0.5) is 0 Å². The third-order valence-electron chi connectivity index (χ3n) is 3.41. The van der Waals surface area contributed by atoms with E-state index in [1.54, 1.807) is 25.3 Å². The number of rotatable bonds is 4. The Labute approximate surface area is 119 Å². The predicted octanol–water partition coefficient (Wildman–Crippen LogP) is 3.76. The van der Waals surface area contributed by atoms with Crippen LogP contribution in [-0.2, 0) is 0 Å². The van der Waals surface area contributed by atoms with Crippen molar-refractivity contribution in [3.05, 3.63) is 48.0 Å². The van der Waals surface area contributed by atoms with E-state index in [1.807, 2.05) is 38.1 Å². The summed E-state index contributed by atoms with van der Waals surface area (Å²) in [6, 6.07) is 12.8. The Morgan fingerprint density at radius 3 is 2.30 bits per heavy atom. The Bertz CT molecular complexity index is 591. The van der Waals surface area contributed by atoms with Gasteiger partial charge in [-0.05, 0) is 29.2 Å². The quantitative estimate of drug-likeness (QED) is 0.891. The molecule has 3 nitrogen and oxygen atoms in total. The third kappa shape index (κ3) is 2.78. The van der Waals surface area contributed by atoms with Gasteiger partial charge in [0.05, 0.1) is 13.2 Å². The van der Waals surface area contributed by atoms with Crippen molar-refractivity contribution < 1.29 is 14.9 Å². The van der Waals surface area contributed by atoms with E-state index in [4.69, 9.17) is 4.74 Å². The molecular weight excluding hydrogens is 252 g/mol. The first kappa shape index (κ1) is 14.4. The van der Waals surface area contributed by atoms with E-state index in [-0.39, 0.29) is 11.7 Å². The fraction of sp³-hybridized carbons (Fsp3) is 0.294. The molecule has 2 aromatic rings. The Hall–Kier alpha value is -2.00. The van der Waals surface area contributed by atoms with Gasteiger partial charge in [-0.3, -0.25) is 0 Å². The second-order valence-electron chi connectivity index (χ2n) is 5.16. The third-order valence-corrected chi connectivity index (χ3v) is 3.41. The monoisotopic (exact) mass is 272 g/mol. The minimum atomic E-state index is -0.562. The molecular formula is C17H20O3. The second kappa shape index (κ2) is 5.97. The molecule has 0 heterocycles. The normalized spacial score (nSPS) is 12.4. The lowest BCUT2D eigenvalue weighted by Crippen LogP contribution is -2.06. The molecule has 0 aliphatic carbocycles. The van der Waals surface area contributed by atoms with Crippen molar-refractivity contribution >= 4 is 0 Å². The fourth-order valence-electron chi connectivity index (χ4n) is 2.23. The molecule has 2 aromatic carbocycles. The number of hydrogen-bond acceptors (Lipinski definition) is 3. The summed E-state index contributed by atoms with van der Waals surface area (Å²) in [5, 5.41) is 20.5. The van der Waals surface area contributed by atoms with E-state index >= 15 is 0 Å². The van der Waals surface area contributed by atoms with Crippen LogP contribution in [0, 0.1) is 5.92 Å². The van der Waals surface area contributed by atoms with Crippen molar-refractivity contribution in [1.29, 1.82) is 0 Å². The van der Waals surface area contributed by atoms with Crippen molar-refractivity contribution in [3.63, 3.8) is 0 Å². The number of ether oxygens (including phenoxy) is 1. The van der Waals surface area contributed by atoms with Crippen molar-refractivity contribution in [2.45, 2.75) is 20.0 Å². The molecule has 2 N–H and O–H groups in total. The van der Waals surface area contributed by atoms with Crippen LogP contribution in [0.5, 0.6) is 11.5 Å². The minimum absolute atomic E-state index is 0.108. The molecule has 0 radical (unpaired) electrons. The maximum absolute atomic E-state index is 10.3. The van der Waals surface area contributed by atoms with Gasteiger partial charge in [0.1, 0.15) is 11.5 Å². The van der Waals surface area contributed by atoms with Crippen molar-refractivity contribution in [3.8, 4) is 22.6 Å². The summed E-state index contributed by atoms with van der Waals surface area (Å²) >= 11 is 0. The number of phenolic OH excluding ortho intramolecular Hbond substituents is 1. The number of phenols is 1. The smallest absolute Gasteiger partial charge is 0.127 e. The molecule has 0 amide bonds. The van der Waals surface area contributed by atoms with Crippen LogP contribution >= 0.6 is 0 Å². The fourth-order valence-corrected chi connectivity index (χ4v) is 2.23. The Morgan fingerprint density at radius 2 is 1.70 bits per heavy atom. The standard InChI is InChI=1S/C17H20O3/c1-11(2)17(19)15-7-5-4-6-13(15)14-9-8-12(20-3)10-16(14)18/h4-11,17-19H,1-3H3. The van der Waals surface area contributed by atoms with E-state index < -0.39 is 6.10 Å². The summed E-state index contributed by atoms with van der Waals surface area (Å²) in [5.74, 6) is 0.859. The van der Waals surface area contributed by atoms with E-state index in [1.165, 1.54) is 0 Å². The van der Waals surface area contributed by atoms with Crippen molar-refractivity contribution in [2.75, 3.05) is 7.11 Å². The topological polar surface area (TPSA) is 49.7 Å². The molecule has 0 bridgehead atoms. The van der Waals surface area contributed by atoms with Gasteiger partial charge in [-0.2, -0.15) is 0 Å². The lowest BCUT2D eigenvalue weighted by atomic mass is 9.91. The highest BCUT2D eigenvalue weighted by Crippen LogP contribution is 2.37. The average Bonchev–Trinajstić information content (AvgIpc) is 2.46. The summed E-state index contributed by atoms with van der Waals surface area (Å²) in [6.07, 6.45) is -0.562. The molecule has 20 heavy (non-hydrogen) atoms. The second-order valence-corrected chi connectivity index (χ2v) is 5.16. The van der Waals surface area contributed by atoms with E-state index in [0.717, 1.165) is 11.1 Å². The van der Waals surface area contributed by atoms with Crippen LogP contribution in [0.1, 0.15) is 25.5 Å². The zero-order chi connectivity index (χ0) is 14.7.